The zero-order chi connectivity index (χ0) is 13.5. The summed E-state index contributed by atoms with van der Waals surface area (Å²) >= 11 is 0. The van der Waals surface area contributed by atoms with Crippen molar-refractivity contribution in [1.29, 1.82) is 5.26 Å². The van der Waals surface area contributed by atoms with Gasteiger partial charge in [-0.05, 0) is 31.2 Å². The van der Waals surface area contributed by atoms with E-state index in [1.165, 1.54) is 0 Å². The fourth-order valence-electron chi connectivity index (χ4n) is 2.39. The molecule has 4 heteroatoms. The molecule has 0 radical (unpaired) electrons. The van der Waals surface area contributed by atoms with Crippen LogP contribution in [0.2, 0.25) is 0 Å². The van der Waals surface area contributed by atoms with Gasteiger partial charge >= 0.3 is 0 Å². The molecule has 0 unspecified atom stereocenters. The minimum Gasteiger partial charge on any atom is -0.341 e. The summed E-state index contributed by atoms with van der Waals surface area (Å²) in [5.41, 5.74) is 0.905. The predicted octanol–water partition coefficient (Wildman–Crippen LogP) is 2.26. The van der Waals surface area contributed by atoms with E-state index >= 15 is 0 Å². The number of nitrogens with zero attached hydrogens (tertiary/aromatic N) is 1. The molecule has 4 nitrogen and oxygen atoms in total. The summed E-state index contributed by atoms with van der Waals surface area (Å²) in [6, 6.07) is 9.16. The normalized spacial score (nSPS) is 32.9. The molecule has 19 heavy (non-hydrogen) atoms. The Morgan fingerprint density at radius 3 is 2.79 bits per heavy atom. The molecular weight excluding hydrogens is 242 g/mol. The topological polar surface area (TPSA) is 59.3 Å². The third-order valence-electron chi connectivity index (χ3n) is 3.59. The number of carbonyl (C=O) groups excluding carboxylic acids is 1. The summed E-state index contributed by atoms with van der Waals surface area (Å²) in [5, 5.41) is 8.77. The fourth-order valence-corrected chi connectivity index (χ4v) is 2.39. The van der Waals surface area contributed by atoms with Crippen LogP contribution in [-0.2, 0) is 14.3 Å². The van der Waals surface area contributed by atoms with Crippen molar-refractivity contribution in [3.8, 4) is 6.07 Å². The standard InChI is InChI=1S/C15H13NO3/c1-15-7-6-12(17)8-13(15)18-14(19-15)11-4-2-10(9-16)3-5-11/h2-7,13-14H,8H2,1H3/t13-,14+,15+/m1/s1. The number of ether oxygens (including phenoxy) is 2. The van der Waals surface area contributed by atoms with Gasteiger partial charge in [-0.25, -0.2) is 0 Å². The molecule has 1 aliphatic carbocycles. The fraction of sp³-hybridized carbons (Fsp3) is 0.333. The number of allylic oxidation sites excluding steroid dienone is 1. The predicted molar refractivity (Wildman–Crippen MR) is 67.0 cm³/mol. The number of rotatable bonds is 1. The number of ketones is 1. The monoisotopic (exact) mass is 255 g/mol. The van der Waals surface area contributed by atoms with E-state index in [0.717, 1.165) is 5.56 Å². The Morgan fingerprint density at radius 1 is 1.37 bits per heavy atom. The number of fused-ring (bicyclic) bond motifs is 1. The van der Waals surface area contributed by atoms with Crippen LogP contribution >= 0.6 is 0 Å². The molecule has 3 atom stereocenters. The van der Waals surface area contributed by atoms with Gasteiger partial charge in [-0.15, -0.1) is 0 Å². The Bertz CT molecular complexity index is 584. The molecule has 3 rings (SSSR count). The third kappa shape index (κ3) is 2.07. The number of hydrogen-bond donors (Lipinski definition) is 0. The van der Waals surface area contributed by atoms with Gasteiger partial charge < -0.3 is 9.47 Å². The van der Waals surface area contributed by atoms with E-state index in [9.17, 15) is 4.79 Å². The summed E-state index contributed by atoms with van der Waals surface area (Å²) in [7, 11) is 0. The van der Waals surface area contributed by atoms with Crippen LogP contribution < -0.4 is 0 Å². The van der Waals surface area contributed by atoms with Crippen molar-refractivity contribution in [2.45, 2.75) is 31.3 Å². The number of carbonyl (C=O) groups is 1. The van der Waals surface area contributed by atoms with Crippen LogP contribution in [0.25, 0.3) is 0 Å². The van der Waals surface area contributed by atoms with Gasteiger partial charge in [0.15, 0.2) is 12.1 Å². The van der Waals surface area contributed by atoms with Crippen LogP contribution in [0.3, 0.4) is 0 Å². The second kappa shape index (κ2) is 4.30. The molecule has 1 aliphatic heterocycles. The highest BCUT2D eigenvalue weighted by Crippen LogP contribution is 2.42. The van der Waals surface area contributed by atoms with Gasteiger partial charge in [0.2, 0.25) is 0 Å². The van der Waals surface area contributed by atoms with Crippen molar-refractivity contribution >= 4 is 5.78 Å². The second-order valence-corrected chi connectivity index (χ2v) is 5.00. The van der Waals surface area contributed by atoms with Crippen molar-refractivity contribution in [2.75, 3.05) is 0 Å². The average molecular weight is 255 g/mol. The molecule has 0 bridgehead atoms. The number of benzene rings is 1. The lowest BCUT2D eigenvalue weighted by Crippen LogP contribution is -2.38. The van der Waals surface area contributed by atoms with Crippen molar-refractivity contribution in [3.63, 3.8) is 0 Å². The van der Waals surface area contributed by atoms with Crippen LogP contribution in [0.15, 0.2) is 36.4 Å². The van der Waals surface area contributed by atoms with Crippen molar-refractivity contribution in [1.82, 2.24) is 0 Å². The highest BCUT2D eigenvalue weighted by molar-refractivity contribution is 5.91. The molecule has 2 aliphatic rings. The lowest BCUT2D eigenvalue weighted by molar-refractivity contribution is -0.118. The Labute approximate surface area is 111 Å². The third-order valence-corrected chi connectivity index (χ3v) is 3.59. The molecule has 1 aromatic carbocycles. The van der Waals surface area contributed by atoms with Crippen LogP contribution in [0, 0.1) is 11.3 Å². The molecule has 1 heterocycles. The van der Waals surface area contributed by atoms with Crippen molar-refractivity contribution in [3.05, 3.63) is 47.5 Å². The highest BCUT2D eigenvalue weighted by atomic mass is 16.7. The molecule has 96 valence electrons. The lowest BCUT2D eigenvalue weighted by atomic mass is 9.89. The zero-order valence-electron chi connectivity index (χ0n) is 10.5. The van der Waals surface area contributed by atoms with E-state index in [1.54, 1.807) is 24.3 Å². The maximum absolute atomic E-state index is 11.4. The zero-order valence-corrected chi connectivity index (χ0v) is 10.5. The average Bonchev–Trinajstić information content (AvgIpc) is 2.76. The first kappa shape index (κ1) is 12.1. The van der Waals surface area contributed by atoms with Gasteiger partial charge in [-0.1, -0.05) is 12.1 Å². The van der Waals surface area contributed by atoms with E-state index in [-0.39, 0.29) is 11.9 Å². The molecular formula is C15H13NO3. The smallest absolute Gasteiger partial charge is 0.185 e. The molecule has 1 aromatic rings. The molecule has 0 saturated carbocycles. The quantitative estimate of drug-likeness (QED) is 0.772. The molecule has 0 N–H and O–H groups in total. The van der Waals surface area contributed by atoms with Crippen LogP contribution in [-0.4, -0.2) is 17.5 Å². The van der Waals surface area contributed by atoms with Crippen molar-refractivity contribution < 1.29 is 14.3 Å². The van der Waals surface area contributed by atoms with Gasteiger partial charge in [-0.2, -0.15) is 5.26 Å². The Balaban J connectivity index is 1.84. The number of nitriles is 1. The molecule has 0 aromatic heterocycles. The largest absolute Gasteiger partial charge is 0.341 e. The Hall–Kier alpha value is -1.96. The SMILES string of the molecule is C[C@]12C=CC(=O)C[C@H]1O[C@H](c1ccc(C#N)cc1)O2. The van der Waals surface area contributed by atoms with Crippen molar-refractivity contribution in [2.24, 2.45) is 0 Å². The molecule has 0 spiro atoms. The summed E-state index contributed by atoms with van der Waals surface area (Å²) in [6.07, 6.45) is 2.94. The molecule has 1 saturated heterocycles. The number of hydrogen-bond acceptors (Lipinski definition) is 4. The van der Waals surface area contributed by atoms with Gasteiger partial charge in [0.25, 0.3) is 0 Å². The van der Waals surface area contributed by atoms with Crippen LogP contribution in [0.5, 0.6) is 0 Å². The van der Waals surface area contributed by atoms with Gasteiger partial charge in [0.05, 0.1) is 11.6 Å². The molecule has 1 fully saturated rings. The van der Waals surface area contributed by atoms with E-state index in [4.69, 9.17) is 14.7 Å². The van der Waals surface area contributed by atoms with Gasteiger partial charge in [0, 0.05) is 12.0 Å². The second-order valence-electron chi connectivity index (χ2n) is 5.00. The van der Waals surface area contributed by atoms with E-state index < -0.39 is 11.9 Å². The maximum Gasteiger partial charge on any atom is 0.185 e. The minimum atomic E-state index is -0.549. The molecule has 0 amide bonds. The highest BCUT2D eigenvalue weighted by Gasteiger charge is 2.47. The summed E-state index contributed by atoms with van der Waals surface area (Å²) in [5.74, 6) is 0.0616. The Kier molecular flexibility index (Phi) is 2.74. The summed E-state index contributed by atoms with van der Waals surface area (Å²) < 4.78 is 11.7. The van der Waals surface area contributed by atoms with Gasteiger partial charge in [0.1, 0.15) is 11.7 Å². The lowest BCUT2D eigenvalue weighted by Gasteiger charge is -2.26. The Morgan fingerprint density at radius 2 is 2.11 bits per heavy atom. The maximum atomic E-state index is 11.4. The van der Waals surface area contributed by atoms with E-state index in [1.807, 2.05) is 19.1 Å². The first-order valence-corrected chi connectivity index (χ1v) is 6.16. The summed E-state index contributed by atoms with van der Waals surface area (Å²) in [6.45, 7) is 1.92. The minimum absolute atomic E-state index is 0.0616. The van der Waals surface area contributed by atoms with Crippen LogP contribution in [0.1, 0.15) is 30.8 Å². The van der Waals surface area contributed by atoms with Crippen LogP contribution in [0.4, 0.5) is 0 Å². The van der Waals surface area contributed by atoms with Gasteiger partial charge in [-0.3, -0.25) is 4.79 Å². The summed E-state index contributed by atoms with van der Waals surface area (Å²) in [4.78, 5) is 11.4. The first-order chi connectivity index (χ1) is 9.10. The van der Waals surface area contributed by atoms with E-state index in [2.05, 4.69) is 6.07 Å². The van der Waals surface area contributed by atoms with E-state index in [0.29, 0.717) is 12.0 Å². The first-order valence-electron chi connectivity index (χ1n) is 6.16.